The average Bonchev–Trinajstić information content (AvgIpc) is 3.11. The average molecular weight is 620 g/mol. The Morgan fingerprint density at radius 3 is 1.94 bits per heavy atom. The van der Waals surface area contributed by atoms with Gasteiger partial charge in [-0.05, 0) is 74.8 Å². The Morgan fingerprint density at radius 1 is 0.638 bits per heavy atom. The van der Waals surface area contributed by atoms with Crippen LogP contribution in [0, 0.1) is 0 Å². The van der Waals surface area contributed by atoms with Gasteiger partial charge in [0.05, 0.1) is 0 Å². The predicted molar refractivity (Wildman–Crippen MR) is 201 cm³/mol. The molecule has 0 spiro atoms. The molecule has 6 rings (SSSR count). The third-order valence-corrected chi connectivity index (χ3v) is 8.11. The quantitative estimate of drug-likeness (QED) is 0.0687. The minimum absolute atomic E-state index is 0.243. The normalized spacial score (nSPS) is 11.4. The fraction of sp³-hybridized carbons (Fsp3) is 0.167. The summed E-state index contributed by atoms with van der Waals surface area (Å²) in [6.45, 7) is 8.63. The summed E-state index contributed by atoms with van der Waals surface area (Å²) in [5.74, 6) is 6.76. The van der Waals surface area contributed by atoms with Crippen molar-refractivity contribution in [3.05, 3.63) is 179 Å². The lowest BCUT2D eigenvalue weighted by Gasteiger charge is -2.26. The Labute approximate surface area is 279 Å². The molecule has 0 saturated carbocycles. The molecule has 0 aliphatic carbocycles. The molecule has 0 unspecified atom stereocenters. The number of rotatable bonds is 8. The van der Waals surface area contributed by atoms with E-state index in [9.17, 15) is 0 Å². The summed E-state index contributed by atoms with van der Waals surface area (Å²) in [7, 11) is 0. The predicted octanol–water partition coefficient (Wildman–Crippen LogP) is 9.22. The summed E-state index contributed by atoms with van der Waals surface area (Å²) in [5, 5.41) is 10.2. The van der Waals surface area contributed by atoms with E-state index in [-0.39, 0.29) is 5.41 Å². The first-order valence-electron chi connectivity index (χ1n) is 16.1. The monoisotopic (exact) mass is 619 g/mol. The number of fused-ring (bicyclic) bond motifs is 1. The van der Waals surface area contributed by atoms with Crippen LogP contribution >= 0.6 is 0 Å². The molecule has 6 aromatic carbocycles. The van der Waals surface area contributed by atoms with Gasteiger partial charge in [0, 0.05) is 36.6 Å². The fourth-order valence-electron chi connectivity index (χ4n) is 5.44. The van der Waals surface area contributed by atoms with Crippen molar-refractivity contribution >= 4 is 28.0 Å². The van der Waals surface area contributed by atoms with E-state index in [0.717, 1.165) is 28.3 Å². The molecule has 5 heteroatoms. The maximum absolute atomic E-state index is 6.03. The smallest absolute Gasteiger partial charge is 0.160 e. The van der Waals surface area contributed by atoms with Crippen molar-refractivity contribution in [3.8, 4) is 0 Å². The largest absolute Gasteiger partial charge is 0.381 e. The number of nitrogens with two attached hydrogens (primary N) is 2. The zero-order valence-electron chi connectivity index (χ0n) is 27.6. The molecule has 238 valence electrons. The lowest BCUT2D eigenvalue weighted by atomic mass is 9.87. The Bertz CT molecular complexity index is 1870. The molecule has 5 nitrogen and oxygen atoms in total. The summed E-state index contributed by atoms with van der Waals surface area (Å²) in [4.78, 5) is 2.17. The minimum atomic E-state index is 0.243. The molecule has 6 aromatic rings. The van der Waals surface area contributed by atoms with Crippen molar-refractivity contribution < 1.29 is 0 Å². The molecule has 47 heavy (non-hydrogen) atoms. The second kappa shape index (κ2) is 15.7. The van der Waals surface area contributed by atoms with Crippen LogP contribution in [0.4, 0.5) is 11.4 Å². The molecule has 0 aliphatic heterocycles. The Morgan fingerprint density at radius 2 is 1.28 bits per heavy atom. The summed E-state index contributed by atoms with van der Waals surface area (Å²) >= 11 is 0. The van der Waals surface area contributed by atoms with E-state index in [2.05, 4.69) is 151 Å². The topological polar surface area (TPSA) is 79.7 Å². The van der Waals surface area contributed by atoms with Gasteiger partial charge >= 0.3 is 0 Å². The maximum atomic E-state index is 6.03. The Balaban J connectivity index is 0.000000305. The number of hydrazone groups is 1. The van der Waals surface area contributed by atoms with Gasteiger partial charge in [-0.2, -0.15) is 5.10 Å². The van der Waals surface area contributed by atoms with Crippen LogP contribution in [0.1, 0.15) is 48.6 Å². The van der Waals surface area contributed by atoms with Crippen LogP contribution in [0.25, 0.3) is 10.8 Å². The van der Waals surface area contributed by atoms with Gasteiger partial charge in [-0.3, -0.25) is 0 Å². The maximum Gasteiger partial charge on any atom is 0.160 e. The van der Waals surface area contributed by atoms with E-state index >= 15 is 0 Å². The highest BCUT2D eigenvalue weighted by Gasteiger charge is 2.17. The van der Waals surface area contributed by atoms with Gasteiger partial charge in [0.25, 0.3) is 0 Å². The molecule has 0 saturated heterocycles. The van der Waals surface area contributed by atoms with E-state index < -0.39 is 0 Å². The van der Waals surface area contributed by atoms with Gasteiger partial charge in [-0.15, -0.1) is 0 Å². The molecule has 0 radical (unpaired) electrons. The van der Waals surface area contributed by atoms with Gasteiger partial charge in [0.2, 0.25) is 0 Å². The van der Waals surface area contributed by atoms with E-state index in [1.165, 1.54) is 27.5 Å². The first-order chi connectivity index (χ1) is 22.8. The molecular weight excluding hydrogens is 574 g/mol. The summed E-state index contributed by atoms with van der Waals surface area (Å²) in [5.41, 5.74) is 13.8. The van der Waals surface area contributed by atoms with Crippen LogP contribution in [0.2, 0.25) is 0 Å². The van der Waals surface area contributed by atoms with Crippen LogP contribution in [0.5, 0.6) is 0 Å². The van der Waals surface area contributed by atoms with Crippen molar-refractivity contribution in [3.63, 3.8) is 0 Å². The van der Waals surface area contributed by atoms with Gasteiger partial charge in [-0.1, -0.05) is 136 Å². The summed E-state index contributed by atoms with van der Waals surface area (Å²) in [6.07, 6.45) is 0. The number of hydrogen-bond acceptors (Lipinski definition) is 4. The first-order valence-corrected chi connectivity index (χ1v) is 16.1. The Hall–Kier alpha value is -5.39. The number of amidine groups is 1. The zero-order chi connectivity index (χ0) is 33.1. The lowest BCUT2D eigenvalue weighted by Crippen LogP contribution is -2.32. The zero-order valence-corrected chi connectivity index (χ0v) is 27.6. The number of nitrogens with one attached hydrogen (secondary N) is 1. The third-order valence-electron chi connectivity index (χ3n) is 8.11. The third kappa shape index (κ3) is 9.09. The molecule has 0 fully saturated rings. The Kier molecular flexibility index (Phi) is 11.1. The number of anilines is 2. The summed E-state index contributed by atoms with van der Waals surface area (Å²) in [6, 6.07) is 52.4. The van der Waals surface area contributed by atoms with E-state index in [1.54, 1.807) is 0 Å². The van der Waals surface area contributed by atoms with Crippen molar-refractivity contribution in [2.75, 3.05) is 10.2 Å². The SMILES string of the molecule is CC(C)(C)c1ccc(CN)cc1.N/N=C(/c1cccc(CNc2ccccc2)c1)N(Cc1ccc2ccccc2c1)c1ccccc1. The molecule has 0 amide bonds. The fourth-order valence-corrected chi connectivity index (χ4v) is 5.44. The van der Waals surface area contributed by atoms with Gasteiger partial charge < -0.3 is 21.8 Å². The molecule has 0 aliphatic rings. The van der Waals surface area contributed by atoms with Crippen LogP contribution in [0.3, 0.4) is 0 Å². The van der Waals surface area contributed by atoms with Gasteiger partial charge in [0.1, 0.15) is 0 Å². The van der Waals surface area contributed by atoms with E-state index in [4.69, 9.17) is 11.6 Å². The lowest BCUT2D eigenvalue weighted by molar-refractivity contribution is 0.590. The van der Waals surface area contributed by atoms with Gasteiger partial charge in [0.15, 0.2) is 5.84 Å². The molecule has 0 bridgehead atoms. The van der Waals surface area contributed by atoms with E-state index in [0.29, 0.717) is 19.6 Å². The van der Waals surface area contributed by atoms with Crippen molar-refractivity contribution in [1.29, 1.82) is 0 Å². The van der Waals surface area contributed by atoms with Crippen molar-refractivity contribution in [2.45, 2.75) is 45.8 Å². The van der Waals surface area contributed by atoms with Crippen LogP contribution < -0.4 is 21.8 Å². The van der Waals surface area contributed by atoms with Gasteiger partial charge in [-0.25, -0.2) is 0 Å². The number of para-hydroxylation sites is 2. The number of hydrogen-bond donors (Lipinski definition) is 3. The second-order valence-corrected chi connectivity index (χ2v) is 12.6. The standard InChI is InChI=1S/C31H28N4.C11H17N/c32-34-31(28-13-9-10-24(20-28)22-33-29-14-3-1-4-15-29)35(30-16-5-2-6-17-30)23-25-18-19-26-11-7-8-12-27(26)21-25;1-11(2,3)10-6-4-9(8-12)5-7-10/h1-21,33H,22-23,32H2;4-7H,8,12H2,1-3H3/b34-31-;. The first kappa shape index (κ1) is 33.0. The summed E-state index contributed by atoms with van der Waals surface area (Å²) < 4.78 is 0. The highest BCUT2D eigenvalue weighted by atomic mass is 15.3. The number of benzene rings is 6. The molecular formula is C42H45N5. The minimum Gasteiger partial charge on any atom is -0.381 e. The van der Waals surface area contributed by atoms with Crippen LogP contribution in [-0.4, -0.2) is 5.84 Å². The molecule has 0 heterocycles. The molecule has 0 aromatic heterocycles. The number of nitrogens with zero attached hydrogens (tertiary/aromatic N) is 2. The highest BCUT2D eigenvalue weighted by Crippen LogP contribution is 2.24. The van der Waals surface area contributed by atoms with Crippen LogP contribution in [-0.2, 0) is 25.0 Å². The van der Waals surface area contributed by atoms with E-state index in [1.807, 2.05) is 36.4 Å². The highest BCUT2D eigenvalue weighted by molar-refractivity contribution is 6.09. The molecule has 5 N–H and O–H groups in total. The van der Waals surface area contributed by atoms with Crippen molar-refractivity contribution in [2.24, 2.45) is 16.7 Å². The van der Waals surface area contributed by atoms with Crippen LogP contribution in [0.15, 0.2) is 157 Å². The second-order valence-electron chi connectivity index (χ2n) is 12.6. The molecule has 0 atom stereocenters. The van der Waals surface area contributed by atoms with Crippen molar-refractivity contribution in [1.82, 2.24) is 0 Å².